The van der Waals surface area contributed by atoms with E-state index >= 15 is 0 Å². The lowest BCUT2D eigenvalue weighted by Crippen LogP contribution is -2.54. The molecule has 2 aromatic rings. The lowest BCUT2D eigenvalue weighted by atomic mass is 10.1. The number of aromatic hydroxyl groups is 1. The number of imide groups is 2. The van der Waals surface area contributed by atoms with Gasteiger partial charge in [-0.2, -0.15) is 0 Å². The van der Waals surface area contributed by atoms with Crippen LogP contribution in [-0.2, 0) is 9.59 Å². The fraction of sp³-hybridized carbons (Fsp3) is 0.0556. The Morgan fingerprint density at radius 2 is 1.81 bits per heavy atom. The first-order chi connectivity index (χ1) is 12.7. The third-order valence-corrected chi connectivity index (χ3v) is 5.17. The minimum absolute atomic E-state index is 0.0399. The number of benzene rings is 2. The highest BCUT2D eigenvalue weighted by Gasteiger charge is 2.37. The number of amides is 4. The number of hydrogen-bond donors (Lipinski definition) is 2. The maximum atomic E-state index is 12.8. The lowest BCUT2D eigenvalue weighted by Gasteiger charge is -2.26. The van der Waals surface area contributed by atoms with Gasteiger partial charge in [-0.3, -0.25) is 14.9 Å². The number of phenolic OH excluding ortho intramolecular Hbond substituents is 1. The Kier molecular flexibility index (Phi) is 5.28. The maximum absolute atomic E-state index is 12.8. The first-order valence-electron chi connectivity index (χ1n) is 7.54. The molecule has 6 nitrogen and oxygen atoms in total. The molecule has 3 rings (SSSR count). The van der Waals surface area contributed by atoms with Crippen LogP contribution in [0.15, 0.2) is 40.4 Å². The van der Waals surface area contributed by atoms with E-state index in [1.54, 1.807) is 19.1 Å². The van der Waals surface area contributed by atoms with Gasteiger partial charge in [0, 0.05) is 5.02 Å². The summed E-state index contributed by atoms with van der Waals surface area (Å²) < 4.78 is 0.295. The first kappa shape index (κ1) is 19.4. The molecule has 2 N–H and O–H groups in total. The van der Waals surface area contributed by atoms with Crippen LogP contribution in [-0.4, -0.2) is 23.0 Å². The Hall–Kier alpha value is -2.35. The number of carbonyl (C=O) groups excluding carboxylic acids is 3. The van der Waals surface area contributed by atoms with Gasteiger partial charge in [0.05, 0.1) is 15.2 Å². The van der Waals surface area contributed by atoms with Crippen LogP contribution < -0.4 is 10.2 Å². The van der Waals surface area contributed by atoms with Crippen molar-refractivity contribution < 1.29 is 19.5 Å². The molecule has 138 valence electrons. The van der Waals surface area contributed by atoms with Crippen LogP contribution in [0, 0.1) is 6.92 Å². The molecule has 1 heterocycles. The van der Waals surface area contributed by atoms with Gasteiger partial charge in [-0.05, 0) is 64.3 Å². The molecule has 1 aliphatic heterocycles. The minimum atomic E-state index is -0.869. The molecule has 9 heteroatoms. The fourth-order valence-electron chi connectivity index (χ4n) is 2.45. The van der Waals surface area contributed by atoms with Crippen molar-refractivity contribution in [2.45, 2.75) is 6.92 Å². The van der Waals surface area contributed by atoms with Crippen molar-refractivity contribution >= 4 is 68.7 Å². The zero-order chi connectivity index (χ0) is 19.9. The normalized spacial score (nSPS) is 16.1. The predicted molar refractivity (Wildman–Crippen MR) is 106 cm³/mol. The minimum Gasteiger partial charge on any atom is -0.505 e. The van der Waals surface area contributed by atoms with Gasteiger partial charge in [0.25, 0.3) is 11.8 Å². The second-order valence-corrected chi connectivity index (χ2v) is 7.39. The fourth-order valence-corrected chi connectivity index (χ4v) is 3.44. The largest absolute Gasteiger partial charge is 0.505 e. The third-order valence-electron chi connectivity index (χ3n) is 3.87. The number of barbiturate groups is 1. The van der Waals surface area contributed by atoms with Crippen LogP contribution in [0.3, 0.4) is 0 Å². The quantitative estimate of drug-likeness (QED) is 0.503. The van der Waals surface area contributed by atoms with E-state index in [4.69, 9.17) is 23.2 Å². The van der Waals surface area contributed by atoms with Crippen LogP contribution in [0.25, 0.3) is 6.08 Å². The molecule has 0 radical (unpaired) electrons. The number of aryl methyl sites for hydroxylation is 1. The van der Waals surface area contributed by atoms with E-state index in [0.29, 0.717) is 15.1 Å². The van der Waals surface area contributed by atoms with E-state index in [1.807, 2.05) is 0 Å². The average molecular weight is 470 g/mol. The third kappa shape index (κ3) is 3.71. The number of carbonyl (C=O) groups is 3. The Bertz CT molecular complexity index is 1010. The Labute approximate surface area is 172 Å². The number of hydrogen-bond acceptors (Lipinski definition) is 4. The monoisotopic (exact) mass is 468 g/mol. The van der Waals surface area contributed by atoms with Crippen LogP contribution in [0.2, 0.25) is 10.0 Å². The lowest BCUT2D eigenvalue weighted by molar-refractivity contribution is -0.122. The summed E-state index contributed by atoms with van der Waals surface area (Å²) in [6.07, 6.45) is 1.28. The van der Waals surface area contributed by atoms with Gasteiger partial charge >= 0.3 is 6.03 Å². The van der Waals surface area contributed by atoms with Crippen LogP contribution in [0.4, 0.5) is 10.5 Å². The second-order valence-electron chi connectivity index (χ2n) is 5.72. The summed E-state index contributed by atoms with van der Waals surface area (Å²) in [5.74, 6) is -1.80. The molecule has 0 bridgehead atoms. The van der Waals surface area contributed by atoms with Crippen LogP contribution in [0.1, 0.15) is 11.1 Å². The molecule has 1 aliphatic rings. The van der Waals surface area contributed by atoms with Crippen molar-refractivity contribution in [3.05, 3.63) is 61.5 Å². The summed E-state index contributed by atoms with van der Waals surface area (Å²) in [6, 6.07) is 6.69. The summed E-state index contributed by atoms with van der Waals surface area (Å²) in [6.45, 7) is 1.78. The number of urea groups is 1. The molecule has 27 heavy (non-hydrogen) atoms. The Morgan fingerprint density at radius 1 is 1.11 bits per heavy atom. The van der Waals surface area contributed by atoms with E-state index in [1.165, 1.54) is 24.3 Å². The number of anilines is 1. The molecule has 0 unspecified atom stereocenters. The summed E-state index contributed by atoms with van der Waals surface area (Å²) in [5.41, 5.74) is 1.14. The smallest absolute Gasteiger partial charge is 0.335 e. The van der Waals surface area contributed by atoms with Crippen molar-refractivity contribution in [1.29, 1.82) is 0 Å². The van der Waals surface area contributed by atoms with Gasteiger partial charge in [-0.25, -0.2) is 9.69 Å². The van der Waals surface area contributed by atoms with Crippen molar-refractivity contribution in [3.63, 3.8) is 0 Å². The summed E-state index contributed by atoms with van der Waals surface area (Å²) in [5, 5.41) is 12.2. The van der Waals surface area contributed by atoms with E-state index in [0.717, 1.165) is 10.5 Å². The van der Waals surface area contributed by atoms with Crippen LogP contribution in [0.5, 0.6) is 5.75 Å². The summed E-state index contributed by atoms with van der Waals surface area (Å²) in [7, 11) is 0. The van der Waals surface area contributed by atoms with Gasteiger partial charge in [0.15, 0.2) is 0 Å². The molecule has 0 aromatic heterocycles. The predicted octanol–water partition coefficient (Wildman–Crippen LogP) is 4.44. The van der Waals surface area contributed by atoms with Gasteiger partial charge in [-0.15, -0.1) is 0 Å². The first-order valence-corrected chi connectivity index (χ1v) is 9.09. The van der Waals surface area contributed by atoms with Crippen molar-refractivity contribution in [3.8, 4) is 5.75 Å². The molecule has 0 atom stereocenters. The zero-order valence-electron chi connectivity index (χ0n) is 13.7. The topological polar surface area (TPSA) is 86.7 Å². The van der Waals surface area contributed by atoms with Gasteiger partial charge in [0.2, 0.25) is 0 Å². The number of nitrogens with one attached hydrogen (secondary N) is 1. The SMILES string of the molecule is Cc1ccc(N2C(=O)NC(=O)C(=Cc3cc(Cl)c(O)c(Br)c3)C2=O)cc1Cl. The maximum Gasteiger partial charge on any atom is 0.335 e. The molecule has 2 aromatic carbocycles. The Balaban J connectivity index is 2.06. The number of phenols is 1. The number of halogens is 3. The van der Waals surface area contributed by atoms with E-state index in [2.05, 4.69) is 21.2 Å². The van der Waals surface area contributed by atoms with Crippen molar-refractivity contribution in [2.24, 2.45) is 0 Å². The molecular formula is C18H11BrCl2N2O4. The zero-order valence-corrected chi connectivity index (χ0v) is 16.8. The molecule has 1 fully saturated rings. The molecular weight excluding hydrogens is 459 g/mol. The second kappa shape index (κ2) is 7.34. The highest BCUT2D eigenvalue weighted by molar-refractivity contribution is 9.10. The van der Waals surface area contributed by atoms with Crippen molar-refractivity contribution in [1.82, 2.24) is 5.32 Å². The summed E-state index contributed by atoms with van der Waals surface area (Å²) >= 11 is 15.1. The molecule has 0 saturated carbocycles. The average Bonchev–Trinajstić information content (AvgIpc) is 2.59. The molecule has 0 aliphatic carbocycles. The van der Waals surface area contributed by atoms with Gasteiger partial charge in [0.1, 0.15) is 11.3 Å². The molecule has 4 amide bonds. The Morgan fingerprint density at radius 3 is 2.44 bits per heavy atom. The highest BCUT2D eigenvalue weighted by Crippen LogP contribution is 2.34. The van der Waals surface area contributed by atoms with Gasteiger partial charge in [-0.1, -0.05) is 29.3 Å². The number of nitrogens with zero attached hydrogens (tertiary/aromatic N) is 1. The highest BCUT2D eigenvalue weighted by atomic mass is 79.9. The molecule has 1 saturated heterocycles. The van der Waals surface area contributed by atoms with E-state index in [-0.39, 0.29) is 22.0 Å². The number of rotatable bonds is 2. The van der Waals surface area contributed by atoms with Crippen LogP contribution >= 0.6 is 39.1 Å². The summed E-state index contributed by atoms with van der Waals surface area (Å²) in [4.78, 5) is 38.0. The molecule has 0 spiro atoms. The van der Waals surface area contributed by atoms with Crippen molar-refractivity contribution in [2.75, 3.05) is 4.90 Å². The van der Waals surface area contributed by atoms with Gasteiger partial charge < -0.3 is 5.11 Å². The standard InChI is InChI=1S/C18H11BrCl2N2O4/c1-8-2-3-10(7-13(8)20)23-17(26)11(16(25)22-18(23)27)4-9-5-12(19)15(24)14(21)6-9/h2-7,24H,1H3,(H,22,25,27). The van der Waals surface area contributed by atoms with E-state index < -0.39 is 17.8 Å². The van der Waals surface area contributed by atoms with E-state index in [9.17, 15) is 19.5 Å².